The smallest absolute Gasteiger partial charge is 0.0839 e. The predicted octanol–water partition coefficient (Wildman–Crippen LogP) is 0.766. The van der Waals surface area contributed by atoms with E-state index in [4.69, 9.17) is 0 Å². The number of anilines is 1. The second kappa shape index (κ2) is 4.64. The molecule has 3 heteroatoms. The standard InChI is InChI=1S/C12H18N2O/c1-10-2-4-11(5-3-10)14-7-6-13-8-12(15)9-14/h2-5,12-13,15H,6-9H2,1H3. The Labute approximate surface area is 90.7 Å². The number of hydrogen-bond acceptors (Lipinski definition) is 3. The van der Waals surface area contributed by atoms with Crippen molar-refractivity contribution in [2.75, 3.05) is 31.1 Å². The highest BCUT2D eigenvalue weighted by Crippen LogP contribution is 2.15. The fourth-order valence-corrected chi connectivity index (χ4v) is 1.88. The number of aliphatic hydroxyl groups excluding tert-OH is 1. The van der Waals surface area contributed by atoms with Gasteiger partial charge in [0.15, 0.2) is 0 Å². The maximum absolute atomic E-state index is 9.67. The van der Waals surface area contributed by atoms with Gasteiger partial charge in [-0.25, -0.2) is 0 Å². The van der Waals surface area contributed by atoms with Gasteiger partial charge in [-0.2, -0.15) is 0 Å². The van der Waals surface area contributed by atoms with Gasteiger partial charge in [0.1, 0.15) is 0 Å². The molecule has 1 aliphatic rings. The molecule has 0 radical (unpaired) electrons. The fourth-order valence-electron chi connectivity index (χ4n) is 1.88. The van der Waals surface area contributed by atoms with Crippen molar-refractivity contribution in [2.24, 2.45) is 0 Å². The van der Waals surface area contributed by atoms with Crippen LogP contribution in [-0.2, 0) is 0 Å². The summed E-state index contributed by atoms with van der Waals surface area (Å²) < 4.78 is 0. The predicted molar refractivity (Wildman–Crippen MR) is 62.3 cm³/mol. The Morgan fingerprint density at radius 3 is 2.80 bits per heavy atom. The third-order valence-electron chi connectivity index (χ3n) is 2.77. The van der Waals surface area contributed by atoms with E-state index in [2.05, 4.69) is 41.4 Å². The summed E-state index contributed by atoms with van der Waals surface area (Å²) in [6, 6.07) is 8.46. The van der Waals surface area contributed by atoms with Crippen LogP contribution in [-0.4, -0.2) is 37.4 Å². The van der Waals surface area contributed by atoms with Crippen LogP contribution in [0.4, 0.5) is 5.69 Å². The topological polar surface area (TPSA) is 35.5 Å². The van der Waals surface area contributed by atoms with E-state index >= 15 is 0 Å². The Balaban J connectivity index is 2.11. The first-order valence-corrected chi connectivity index (χ1v) is 5.46. The lowest BCUT2D eigenvalue weighted by Crippen LogP contribution is -2.32. The maximum atomic E-state index is 9.67. The van der Waals surface area contributed by atoms with Crippen LogP contribution in [0.2, 0.25) is 0 Å². The van der Waals surface area contributed by atoms with E-state index in [-0.39, 0.29) is 6.10 Å². The molecule has 0 amide bonds. The van der Waals surface area contributed by atoms with Gasteiger partial charge in [0.25, 0.3) is 0 Å². The van der Waals surface area contributed by atoms with Gasteiger partial charge < -0.3 is 15.3 Å². The third kappa shape index (κ3) is 2.70. The highest BCUT2D eigenvalue weighted by Gasteiger charge is 2.15. The highest BCUT2D eigenvalue weighted by atomic mass is 16.3. The van der Waals surface area contributed by atoms with Crippen LogP contribution in [0.1, 0.15) is 5.56 Å². The number of rotatable bonds is 1. The Morgan fingerprint density at radius 1 is 1.33 bits per heavy atom. The van der Waals surface area contributed by atoms with Crippen molar-refractivity contribution < 1.29 is 5.11 Å². The average Bonchev–Trinajstić information content (AvgIpc) is 2.44. The summed E-state index contributed by atoms with van der Waals surface area (Å²) in [6.45, 7) is 5.39. The molecule has 0 bridgehead atoms. The van der Waals surface area contributed by atoms with Crippen LogP contribution in [0.25, 0.3) is 0 Å². The van der Waals surface area contributed by atoms with Crippen molar-refractivity contribution >= 4 is 5.69 Å². The molecule has 0 saturated carbocycles. The highest BCUT2D eigenvalue weighted by molar-refractivity contribution is 5.47. The first kappa shape index (κ1) is 10.5. The summed E-state index contributed by atoms with van der Waals surface area (Å²) in [5.74, 6) is 0. The van der Waals surface area contributed by atoms with Crippen molar-refractivity contribution in [3.63, 3.8) is 0 Å². The number of benzene rings is 1. The Bertz CT molecular complexity index is 310. The van der Waals surface area contributed by atoms with E-state index in [0.29, 0.717) is 6.54 Å². The number of aryl methyl sites for hydroxylation is 1. The Morgan fingerprint density at radius 2 is 2.07 bits per heavy atom. The maximum Gasteiger partial charge on any atom is 0.0839 e. The minimum Gasteiger partial charge on any atom is -0.390 e. The van der Waals surface area contributed by atoms with Gasteiger partial charge in [0, 0.05) is 31.9 Å². The van der Waals surface area contributed by atoms with Crippen molar-refractivity contribution in [2.45, 2.75) is 13.0 Å². The van der Waals surface area contributed by atoms with Crippen molar-refractivity contribution in [1.82, 2.24) is 5.32 Å². The van der Waals surface area contributed by atoms with Crippen LogP contribution in [0.15, 0.2) is 24.3 Å². The van der Waals surface area contributed by atoms with Crippen LogP contribution in [0.5, 0.6) is 0 Å². The molecule has 0 spiro atoms. The lowest BCUT2D eigenvalue weighted by atomic mass is 10.2. The minimum absolute atomic E-state index is 0.270. The van der Waals surface area contributed by atoms with E-state index in [9.17, 15) is 5.11 Å². The average molecular weight is 206 g/mol. The van der Waals surface area contributed by atoms with Crippen LogP contribution < -0.4 is 10.2 Å². The van der Waals surface area contributed by atoms with Crippen molar-refractivity contribution in [3.05, 3.63) is 29.8 Å². The van der Waals surface area contributed by atoms with Gasteiger partial charge in [-0.05, 0) is 19.1 Å². The Kier molecular flexibility index (Phi) is 3.23. The number of nitrogens with one attached hydrogen (secondary N) is 1. The molecule has 82 valence electrons. The summed E-state index contributed by atoms with van der Waals surface area (Å²) in [7, 11) is 0. The van der Waals surface area contributed by atoms with Crippen molar-refractivity contribution in [1.29, 1.82) is 0 Å². The normalized spacial score (nSPS) is 22.5. The van der Waals surface area contributed by atoms with Gasteiger partial charge >= 0.3 is 0 Å². The van der Waals surface area contributed by atoms with E-state index in [1.165, 1.54) is 11.3 Å². The Hall–Kier alpha value is -1.06. The largest absolute Gasteiger partial charge is 0.390 e. The molecule has 1 heterocycles. The number of nitrogens with zero attached hydrogens (tertiary/aromatic N) is 1. The molecular formula is C12H18N2O. The van der Waals surface area contributed by atoms with Gasteiger partial charge in [-0.1, -0.05) is 17.7 Å². The minimum atomic E-state index is -0.270. The van der Waals surface area contributed by atoms with Crippen LogP contribution >= 0.6 is 0 Å². The van der Waals surface area contributed by atoms with E-state index in [1.807, 2.05) is 0 Å². The zero-order valence-corrected chi connectivity index (χ0v) is 9.11. The first-order valence-electron chi connectivity index (χ1n) is 5.46. The molecular weight excluding hydrogens is 188 g/mol. The molecule has 1 aliphatic heterocycles. The lowest BCUT2D eigenvalue weighted by Gasteiger charge is -2.24. The molecule has 2 N–H and O–H groups in total. The van der Waals surface area contributed by atoms with Gasteiger partial charge in [0.2, 0.25) is 0 Å². The number of β-amino-alcohol motifs (C(OH)–C–C–N with tert-alkyl or cyclic N) is 1. The summed E-state index contributed by atoms with van der Waals surface area (Å²) in [5.41, 5.74) is 2.47. The molecule has 0 aliphatic carbocycles. The molecule has 1 unspecified atom stereocenters. The van der Waals surface area contributed by atoms with Crippen molar-refractivity contribution in [3.8, 4) is 0 Å². The molecule has 1 aromatic carbocycles. The number of hydrogen-bond donors (Lipinski definition) is 2. The molecule has 1 atom stereocenters. The lowest BCUT2D eigenvalue weighted by molar-refractivity contribution is 0.185. The quantitative estimate of drug-likeness (QED) is 0.712. The second-order valence-corrected chi connectivity index (χ2v) is 4.14. The van der Waals surface area contributed by atoms with E-state index in [0.717, 1.165) is 19.6 Å². The zero-order valence-electron chi connectivity index (χ0n) is 9.11. The summed E-state index contributed by atoms with van der Waals surface area (Å²) >= 11 is 0. The molecule has 1 fully saturated rings. The van der Waals surface area contributed by atoms with Gasteiger partial charge in [-0.3, -0.25) is 0 Å². The molecule has 15 heavy (non-hydrogen) atoms. The van der Waals surface area contributed by atoms with Gasteiger partial charge in [0.05, 0.1) is 6.10 Å². The second-order valence-electron chi connectivity index (χ2n) is 4.14. The monoisotopic (exact) mass is 206 g/mol. The van der Waals surface area contributed by atoms with Crippen LogP contribution in [0.3, 0.4) is 0 Å². The molecule has 1 saturated heterocycles. The summed E-state index contributed by atoms with van der Waals surface area (Å²) in [5, 5.41) is 12.9. The SMILES string of the molecule is Cc1ccc(N2CCNCC(O)C2)cc1. The van der Waals surface area contributed by atoms with Crippen LogP contribution in [0, 0.1) is 6.92 Å². The molecule has 3 nitrogen and oxygen atoms in total. The summed E-state index contributed by atoms with van der Waals surface area (Å²) in [4.78, 5) is 2.23. The molecule has 1 aromatic rings. The molecule has 0 aromatic heterocycles. The van der Waals surface area contributed by atoms with E-state index in [1.54, 1.807) is 0 Å². The first-order chi connectivity index (χ1) is 7.25. The summed E-state index contributed by atoms with van der Waals surface area (Å²) in [6.07, 6.45) is -0.270. The van der Waals surface area contributed by atoms with Gasteiger partial charge in [-0.15, -0.1) is 0 Å². The number of aliphatic hydroxyl groups is 1. The molecule has 2 rings (SSSR count). The zero-order chi connectivity index (χ0) is 10.7. The third-order valence-corrected chi connectivity index (χ3v) is 2.77. The fraction of sp³-hybridized carbons (Fsp3) is 0.500. The van der Waals surface area contributed by atoms with E-state index < -0.39 is 0 Å².